The molecule has 0 aliphatic carbocycles. The first-order chi connectivity index (χ1) is 6.04. The molecule has 7 heteroatoms. The van der Waals surface area contributed by atoms with Crippen LogP contribution in [0.5, 0.6) is 0 Å². The summed E-state index contributed by atoms with van der Waals surface area (Å²) in [6.45, 7) is 1.46. The summed E-state index contributed by atoms with van der Waals surface area (Å²) >= 11 is 0. The van der Waals surface area contributed by atoms with Gasteiger partial charge in [0, 0.05) is 13.1 Å². The van der Waals surface area contributed by atoms with Crippen molar-refractivity contribution >= 4 is 12.2 Å². The van der Waals surface area contributed by atoms with Crippen molar-refractivity contribution in [1.29, 1.82) is 0 Å². The number of piperidine rings is 1. The second-order valence-electron chi connectivity index (χ2n) is 2.60. The Labute approximate surface area is 124 Å². The predicted octanol–water partition coefficient (Wildman–Crippen LogP) is -2.96. The Balaban J connectivity index is 0. The van der Waals surface area contributed by atoms with Gasteiger partial charge in [0.05, 0.1) is 0 Å². The van der Waals surface area contributed by atoms with Crippen molar-refractivity contribution in [3.05, 3.63) is 0 Å². The summed E-state index contributed by atoms with van der Waals surface area (Å²) in [7, 11) is 0. The minimum absolute atomic E-state index is 0. The largest absolute Gasteiger partial charge is 1.00 e. The van der Waals surface area contributed by atoms with Gasteiger partial charge in [-0.15, -0.1) is 0 Å². The quantitative estimate of drug-likeness (QED) is 0.432. The molecule has 1 aliphatic heterocycles. The Morgan fingerprint density at radius 1 is 1.07 bits per heavy atom. The number of hydrogen-bond acceptors (Lipinski definition) is 3. The molecule has 1 fully saturated rings. The van der Waals surface area contributed by atoms with E-state index in [0.717, 1.165) is 25.9 Å². The molecule has 1 heterocycles. The van der Waals surface area contributed by atoms with E-state index in [-0.39, 0.29) is 51.4 Å². The SMILES string of the molecule is O=C(O)N1CCCCC1.O=C([O-])O.[K+]. The second kappa shape index (κ2) is 9.72. The van der Waals surface area contributed by atoms with E-state index >= 15 is 0 Å². The molecular formula is C7H12KNO5. The standard InChI is InChI=1S/C6H11NO2.CH2O3.K/c8-6(9)7-4-2-1-3-5-7;2-1(3)4;/h1-5H2,(H,8,9);(H2,2,3,4);/q;;+1/p-1. The van der Waals surface area contributed by atoms with E-state index in [1.165, 1.54) is 11.3 Å². The van der Waals surface area contributed by atoms with Gasteiger partial charge in [0.2, 0.25) is 6.16 Å². The van der Waals surface area contributed by atoms with Crippen LogP contribution in [0.3, 0.4) is 0 Å². The molecule has 0 spiro atoms. The Bertz CT molecular complexity index is 177. The van der Waals surface area contributed by atoms with Crippen LogP contribution in [-0.2, 0) is 0 Å². The Morgan fingerprint density at radius 2 is 1.43 bits per heavy atom. The fourth-order valence-corrected chi connectivity index (χ4v) is 1.09. The van der Waals surface area contributed by atoms with Crippen LogP contribution in [0.4, 0.5) is 9.59 Å². The molecule has 2 N–H and O–H groups in total. The third-order valence-electron chi connectivity index (χ3n) is 1.63. The molecule has 0 bridgehead atoms. The van der Waals surface area contributed by atoms with Crippen LogP contribution in [0.1, 0.15) is 19.3 Å². The Hall–Kier alpha value is 0.176. The summed E-state index contributed by atoms with van der Waals surface area (Å²) in [6, 6.07) is 0. The molecule has 14 heavy (non-hydrogen) atoms. The Morgan fingerprint density at radius 3 is 1.64 bits per heavy atom. The maximum atomic E-state index is 10.3. The molecule has 0 saturated carbocycles. The van der Waals surface area contributed by atoms with Crippen LogP contribution >= 0.6 is 0 Å². The van der Waals surface area contributed by atoms with Crippen molar-refractivity contribution in [3.8, 4) is 0 Å². The monoisotopic (exact) mass is 229 g/mol. The van der Waals surface area contributed by atoms with Crippen LogP contribution in [-0.4, -0.2) is 40.5 Å². The zero-order valence-corrected chi connectivity index (χ0v) is 11.2. The predicted molar refractivity (Wildman–Crippen MR) is 41.5 cm³/mol. The normalized spacial score (nSPS) is 14.4. The zero-order valence-electron chi connectivity index (χ0n) is 8.10. The van der Waals surface area contributed by atoms with Gasteiger partial charge in [-0.2, -0.15) is 0 Å². The van der Waals surface area contributed by atoms with E-state index in [0.29, 0.717) is 0 Å². The number of likely N-dealkylation sites (tertiary alicyclic amines) is 1. The van der Waals surface area contributed by atoms with Crippen LogP contribution in [0.2, 0.25) is 0 Å². The van der Waals surface area contributed by atoms with Crippen molar-refractivity contribution in [2.75, 3.05) is 13.1 Å². The number of carboxylic acid groups (broad SMARTS) is 3. The van der Waals surface area contributed by atoms with Crippen LogP contribution in [0.25, 0.3) is 0 Å². The second-order valence-corrected chi connectivity index (χ2v) is 2.60. The van der Waals surface area contributed by atoms with E-state index in [1.807, 2.05) is 0 Å². The van der Waals surface area contributed by atoms with Gasteiger partial charge in [-0.3, -0.25) is 0 Å². The number of amides is 1. The van der Waals surface area contributed by atoms with Gasteiger partial charge >= 0.3 is 57.5 Å². The van der Waals surface area contributed by atoms with Gasteiger partial charge in [-0.25, -0.2) is 4.79 Å². The summed E-state index contributed by atoms with van der Waals surface area (Å²) in [6.07, 6.45) is 0.400. The number of rotatable bonds is 0. The maximum Gasteiger partial charge on any atom is 1.00 e. The van der Waals surface area contributed by atoms with E-state index in [1.54, 1.807) is 0 Å². The zero-order chi connectivity index (χ0) is 10.3. The van der Waals surface area contributed by atoms with Gasteiger partial charge in [-0.1, -0.05) is 0 Å². The van der Waals surface area contributed by atoms with Crippen molar-refractivity contribution in [2.45, 2.75) is 19.3 Å². The maximum absolute atomic E-state index is 10.3. The molecule has 1 rings (SSSR count). The molecule has 0 aromatic heterocycles. The Kier molecular flexibility index (Phi) is 11.5. The molecule has 0 aromatic carbocycles. The van der Waals surface area contributed by atoms with Gasteiger partial charge in [-0.05, 0) is 19.3 Å². The summed E-state index contributed by atoms with van der Waals surface area (Å²) in [5.74, 6) is 0. The van der Waals surface area contributed by atoms with Crippen LogP contribution in [0, 0.1) is 0 Å². The molecule has 76 valence electrons. The summed E-state index contributed by atoms with van der Waals surface area (Å²) in [5, 5.41) is 23.8. The molecule has 0 radical (unpaired) electrons. The first kappa shape index (κ1) is 16.6. The van der Waals surface area contributed by atoms with Crippen molar-refractivity contribution in [2.24, 2.45) is 0 Å². The fourth-order valence-electron chi connectivity index (χ4n) is 1.09. The van der Waals surface area contributed by atoms with Gasteiger partial charge in [0.1, 0.15) is 0 Å². The number of nitrogens with zero attached hydrogens (tertiary/aromatic N) is 1. The third kappa shape index (κ3) is 10.3. The molecule has 0 unspecified atom stereocenters. The fraction of sp³-hybridized carbons (Fsp3) is 0.714. The molecular weight excluding hydrogens is 217 g/mol. The summed E-state index contributed by atoms with van der Waals surface area (Å²) in [5.41, 5.74) is 0. The van der Waals surface area contributed by atoms with Gasteiger partial charge < -0.3 is 25.0 Å². The van der Waals surface area contributed by atoms with Gasteiger partial charge in [0.15, 0.2) is 0 Å². The minimum Gasteiger partial charge on any atom is -0.565 e. The molecule has 1 amide bonds. The number of hydrogen-bond donors (Lipinski definition) is 2. The van der Waals surface area contributed by atoms with Crippen molar-refractivity contribution < 1.29 is 76.3 Å². The third-order valence-corrected chi connectivity index (χ3v) is 1.63. The van der Waals surface area contributed by atoms with Crippen LogP contribution < -0.4 is 56.5 Å². The summed E-state index contributed by atoms with van der Waals surface area (Å²) in [4.78, 5) is 20.2. The van der Waals surface area contributed by atoms with Crippen molar-refractivity contribution in [1.82, 2.24) is 4.90 Å². The van der Waals surface area contributed by atoms with Crippen molar-refractivity contribution in [3.63, 3.8) is 0 Å². The molecule has 0 aromatic rings. The molecule has 1 aliphatic rings. The van der Waals surface area contributed by atoms with E-state index in [4.69, 9.17) is 20.1 Å². The first-order valence-electron chi connectivity index (χ1n) is 3.92. The first-order valence-corrected chi connectivity index (χ1v) is 3.92. The molecule has 1 saturated heterocycles. The van der Waals surface area contributed by atoms with Crippen LogP contribution in [0.15, 0.2) is 0 Å². The average molecular weight is 229 g/mol. The average Bonchev–Trinajstić information content (AvgIpc) is 2.05. The van der Waals surface area contributed by atoms with E-state index in [9.17, 15) is 4.79 Å². The van der Waals surface area contributed by atoms with E-state index in [2.05, 4.69) is 0 Å². The number of carbonyl (C=O) groups is 2. The van der Waals surface area contributed by atoms with Gasteiger partial charge in [0.25, 0.3) is 0 Å². The summed E-state index contributed by atoms with van der Waals surface area (Å²) < 4.78 is 0. The molecule has 6 nitrogen and oxygen atoms in total. The smallest absolute Gasteiger partial charge is 0.565 e. The minimum atomic E-state index is -2.08. The van der Waals surface area contributed by atoms with E-state index < -0.39 is 12.2 Å². The molecule has 0 atom stereocenters. The topological polar surface area (TPSA) is 101 Å².